The van der Waals surface area contributed by atoms with E-state index in [0.717, 1.165) is 52.0 Å². The van der Waals surface area contributed by atoms with Crippen molar-refractivity contribution in [3.63, 3.8) is 0 Å². The van der Waals surface area contributed by atoms with Crippen molar-refractivity contribution in [2.24, 2.45) is 5.92 Å². The highest BCUT2D eigenvalue weighted by atomic mass is 16.5. The van der Waals surface area contributed by atoms with Gasteiger partial charge in [0.05, 0.1) is 12.2 Å². The Morgan fingerprint density at radius 3 is 2.52 bits per heavy atom. The van der Waals surface area contributed by atoms with Gasteiger partial charge in [-0.25, -0.2) is 4.79 Å². The minimum absolute atomic E-state index is 0.0849. The fourth-order valence-corrected chi connectivity index (χ4v) is 4.07. The first-order valence-corrected chi connectivity index (χ1v) is 9.60. The number of rotatable bonds is 3. The van der Waals surface area contributed by atoms with Crippen molar-refractivity contribution in [1.82, 2.24) is 10.2 Å². The fraction of sp³-hybridized carbons (Fsp3) is 0.650. The van der Waals surface area contributed by atoms with Crippen LogP contribution in [0.15, 0.2) is 30.3 Å². The Morgan fingerprint density at radius 1 is 1.08 bits per heavy atom. The first-order chi connectivity index (χ1) is 12.1. The molecule has 1 N–H and O–H groups in total. The van der Waals surface area contributed by atoms with E-state index < -0.39 is 0 Å². The zero-order chi connectivity index (χ0) is 17.6. The van der Waals surface area contributed by atoms with E-state index in [0.29, 0.717) is 18.1 Å². The van der Waals surface area contributed by atoms with Crippen LogP contribution < -0.4 is 10.2 Å². The topological polar surface area (TPSA) is 44.8 Å². The van der Waals surface area contributed by atoms with Gasteiger partial charge in [0.2, 0.25) is 0 Å². The van der Waals surface area contributed by atoms with Gasteiger partial charge >= 0.3 is 6.03 Å². The molecule has 3 atom stereocenters. The highest BCUT2D eigenvalue weighted by Gasteiger charge is 2.26. The van der Waals surface area contributed by atoms with Crippen molar-refractivity contribution in [1.29, 1.82) is 0 Å². The number of ether oxygens (including phenoxy) is 1. The third-order valence-corrected chi connectivity index (χ3v) is 5.24. The monoisotopic (exact) mass is 345 g/mol. The van der Waals surface area contributed by atoms with E-state index in [1.165, 1.54) is 5.69 Å². The van der Waals surface area contributed by atoms with Gasteiger partial charge in [-0.15, -0.1) is 0 Å². The van der Waals surface area contributed by atoms with Crippen LogP contribution in [-0.2, 0) is 4.74 Å². The van der Waals surface area contributed by atoms with Crippen LogP contribution in [0.3, 0.4) is 0 Å². The van der Waals surface area contributed by atoms with Crippen LogP contribution in [0.5, 0.6) is 0 Å². The number of carbonyl (C=O) groups excluding carboxylic acids is 1. The van der Waals surface area contributed by atoms with Crippen molar-refractivity contribution in [3.05, 3.63) is 30.3 Å². The summed E-state index contributed by atoms with van der Waals surface area (Å²) in [5.41, 5.74) is 1.25. The van der Waals surface area contributed by atoms with E-state index in [-0.39, 0.29) is 6.03 Å². The summed E-state index contributed by atoms with van der Waals surface area (Å²) in [5.74, 6) is 0.524. The Bertz CT molecular complexity index is 541. The second kappa shape index (κ2) is 8.56. The molecule has 138 valence electrons. The minimum atomic E-state index is 0.0849. The van der Waals surface area contributed by atoms with Gasteiger partial charge in [0.25, 0.3) is 0 Å². The number of nitrogens with zero attached hydrogens (tertiary/aromatic N) is 2. The average Bonchev–Trinajstić information content (AvgIpc) is 2.86. The first-order valence-electron chi connectivity index (χ1n) is 9.60. The van der Waals surface area contributed by atoms with Crippen molar-refractivity contribution in [2.75, 3.05) is 37.6 Å². The van der Waals surface area contributed by atoms with Crippen LogP contribution in [0.25, 0.3) is 0 Å². The number of amides is 2. The lowest BCUT2D eigenvalue weighted by molar-refractivity contribution is -0.0512. The van der Waals surface area contributed by atoms with Crippen LogP contribution in [0.2, 0.25) is 0 Å². The summed E-state index contributed by atoms with van der Waals surface area (Å²) in [6.07, 6.45) is 3.67. The van der Waals surface area contributed by atoms with Crippen molar-refractivity contribution in [2.45, 2.75) is 45.3 Å². The Kier molecular flexibility index (Phi) is 6.19. The molecule has 1 unspecified atom stereocenters. The van der Waals surface area contributed by atoms with Crippen LogP contribution in [0, 0.1) is 5.92 Å². The molecule has 0 bridgehead atoms. The summed E-state index contributed by atoms with van der Waals surface area (Å²) >= 11 is 0. The molecule has 2 fully saturated rings. The van der Waals surface area contributed by atoms with E-state index in [2.05, 4.69) is 48.3 Å². The maximum absolute atomic E-state index is 12.6. The Morgan fingerprint density at radius 2 is 1.80 bits per heavy atom. The quantitative estimate of drug-likeness (QED) is 0.915. The molecule has 2 aliphatic heterocycles. The number of hydrogen-bond donors (Lipinski definition) is 1. The second-order valence-electron chi connectivity index (χ2n) is 7.44. The van der Waals surface area contributed by atoms with E-state index in [1.807, 2.05) is 11.0 Å². The smallest absolute Gasteiger partial charge is 0.317 e. The highest BCUT2D eigenvalue weighted by molar-refractivity contribution is 5.74. The third kappa shape index (κ3) is 5.11. The van der Waals surface area contributed by atoms with E-state index in [9.17, 15) is 4.79 Å². The van der Waals surface area contributed by atoms with Gasteiger partial charge in [-0.1, -0.05) is 18.2 Å². The summed E-state index contributed by atoms with van der Waals surface area (Å²) in [5, 5.41) is 3.16. The minimum Gasteiger partial charge on any atom is -0.376 e. The number of benzene rings is 1. The average molecular weight is 345 g/mol. The van der Waals surface area contributed by atoms with Gasteiger partial charge in [-0.3, -0.25) is 0 Å². The number of carbonyl (C=O) groups is 1. The van der Waals surface area contributed by atoms with Crippen LogP contribution in [0.1, 0.15) is 33.1 Å². The molecule has 3 rings (SSSR count). The third-order valence-electron chi connectivity index (χ3n) is 5.24. The highest BCUT2D eigenvalue weighted by Crippen LogP contribution is 2.24. The molecular weight excluding hydrogens is 314 g/mol. The molecule has 0 aliphatic carbocycles. The molecule has 0 saturated carbocycles. The Balaban J connectivity index is 1.46. The van der Waals surface area contributed by atoms with Crippen molar-refractivity contribution >= 4 is 11.7 Å². The molecule has 2 amide bonds. The van der Waals surface area contributed by atoms with Gasteiger partial charge < -0.3 is 19.9 Å². The molecule has 1 aromatic carbocycles. The van der Waals surface area contributed by atoms with Crippen molar-refractivity contribution < 1.29 is 9.53 Å². The first kappa shape index (κ1) is 18.1. The van der Waals surface area contributed by atoms with E-state index in [4.69, 9.17) is 4.74 Å². The molecule has 1 aromatic rings. The van der Waals surface area contributed by atoms with Gasteiger partial charge in [0.15, 0.2) is 0 Å². The summed E-state index contributed by atoms with van der Waals surface area (Å²) < 4.78 is 5.78. The standard InChI is InChI=1S/C20H31N3O2/c1-16-13-18(14-17(2)25-16)15-21-20(24)23-10-6-9-22(11-12-23)19-7-4-3-5-8-19/h3-5,7-8,16-18H,6,9-15H2,1-2H3,(H,21,24)/t16-,17+,18?. The molecule has 0 aromatic heterocycles. The molecule has 25 heavy (non-hydrogen) atoms. The molecular formula is C20H31N3O2. The van der Waals surface area contributed by atoms with Crippen LogP contribution >= 0.6 is 0 Å². The maximum atomic E-state index is 12.6. The molecule has 5 nitrogen and oxygen atoms in total. The lowest BCUT2D eigenvalue weighted by Crippen LogP contribution is -2.45. The van der Waals surface area contributed by atoms with Crippen LogP contribution in [0.4, 0.5) is 10.5 Å². The molecule has 5 heteroatoms. The summed E-state index contributed by atoms with van der Waals surface area (Å²) in [4.78, 5) is 16.9. The Labute approximate surface area is 151 Å². The number of nitrogens with one attached hydrogen (secondary N) is 1. The fourth-order valence-electron chi connectivity index (χ4n) is 4.07. The predicted molar refractivity (Wildman–Crippen MR) is 101 cm³/mol. The van der Waals surface area contributed by atoms with Gasteiger partial charge in [0.1, 0.15) is 0 Å². The second-order valence-corrected chi connectivity index (χ2v) is 7.44. The molecule has 0 spiro atoms. The maximum Gasteiger partial charge on any atom is 0.317 e. The van der Waals surface area contributed by atoms with Gasteiger partial charge in [-0.2, -0.15) is 0 Å². The number of anilines is 1. The Hall–Kier alpha value is -1.75. The number of hydrogen-bond acceptors (Lipinski definition) is 3. The molecule has 2 heterocycles. The van der Waals surface area contributed by atoms with Crippen molar-refractivity contribution in [3.8, 4) is 0 Å². The molecule has 2 saturated heterocycles. The number of urea groups is 1. The lowest BCUT2D eigenvalue weighted by atomic mass is 9.92. The van der Waals surface area contributed by atoms with Crippen LogP contribution in [-0.4, -0.2) is 55.9 Å². The lowest BCUT2D eigenvalue weighted by Gasteiger charge is -2.32. The van der Waals surface area contributed by atoms with E-state index in [1.54, 1.807) is 0 Å². The predicted octanol–water partition coefficient (Wildman–Crippen LogP) is 3.11. The van der Waals surface area contributed by atoms with E-state index >= 15 is 0 Å². The largest absolute Gasteiger partial charge is 0.376 e. The molecule has 2 aliphatic rings. The zero-order valence-corrected chi connectivity index (χ0v) is 15.5. The summed E-state index contributed by atoms with van der Waals surface area (Å²) in [6, 6.07) is 10.5. The summed E-state index contributed by atoms with van der Waals surface area (Å²) in [7, 11) is 0. The van der Waals surface area contributed by atoms with Gasteiger partial charge in [0, 0.05) is 38.4 Å². The SMILES string of the molecule is C[C@@H]1CC(CNC(=O)N2CCCN(c3ccccc3)CC2)C[C@H](C)O1. The van der Waals surface area contributed by atoms with Gasteiger partial charge in [-0.05, 0) is 51.2 Å². The molecule has 0 radical (unpaired) electrons. The normalized spacial score (nSPS) is 27.7. The zero-order valence-electron chi connectivity index (χ0n) is 15.5. The number of para-hydroxylation sites is 1. The summed E-state index contributed by atoms with van der Waals surface area (Å²) in [6.45, 7) is 8.51.